The van der Waals surface area contributed by atoms with Gasteiger partial charge in [-0.3, -0.25) is 0 Å². The van der Waals surface area contributed by atoms with Gasteiger partial charge in [-0.25, -0.2) is 0 Å². The fraction of sp³-hybridized carbons (Fsp3) is 1.00. The van der Waals surface area contributed by atoms with Gasteiger partial charge in [-0.1, -0.05) is 52.4 Å². The third-order valence-corrected chi connectivity index (χ3v) is 3.85. The molecule has 0 fully saturated rings. The van der Waals surface area contributed by atoms with Crippen LogP contribution in [0.5, 0.6) is 0 Å². The lowest BCUT2D eigenvalue weighted by molar-refractivity contribution is 0.546. The Kier molecular flexibility index (Phi) is 20.7. The predicted molar refractivity (Wildman–Crippen MR) is 99.8 cm³/mol. The van der Waals surface area contributed by atoms with Crippen LogP contribution in [0, 0.1) is 0 Å². The van der Waals surface area contributed by atoms with E-state index in [4.69, 9.17) is 0 Å². The third-order valence-electron chi connectivity index (χ3n) is 3.85. The first-order chi connectivity index (χ1) is 10.9. The Morgan fingerprint density at radius 3 is 1.00 bits per heavy atom. The minimum absolute atomic E-state index is 1.06. The molecule has 0 radical (unpaired) electrons. The molecule has 0 aliphatic carbocycles. The van der Waals surface area contributed by atoms with Gasteiger partial charge >= 0.3 is 0 Å². The SMILES string of the molecule is CCCCCCNCCNCCNCCNCCCCCC. The molecule has 4 nitrogen and oxygen atoms in total. The molecule has 0 saturated heterocycles. The van der Waals surface area contributed by atoms with Crippen molar-refractivity contribution < 1.29 is 0 Å². The summed E-state index contributed by atoms with van der Waals surface area (Å²) in [6, 6.07) is 0. The van der Waals surface area contributed by atoms with E-state index in [0.717, 1.165) is 39.3 Å². The van der Waals surface area contributed by atoms with Crippen LogP contribution in [0.2, 0.25) is 0 Å². The van der Waals surface area contributed by atoms with Crippen molar-refractivity contribution in [2.24, 2.45) is 0 Å². The summed E-state index contributed by atoms with van der Waals surface area (Å²) in [4.78, 5) is 0. The van der Waals surface area contributed by atoms with Crippen molar-refractivity contribution in [2.75, 3.05) is 52.4 Å². The van der Waals surface area contributed by atoms with Crippen molar-refractivity contribution in [3.05, 3.63) is 0 Å². The van der Waals surface area contributed by atoms with E-state index in [1.165, 1.54) is 64.5 Å². The fourth-order valence-electron chi connectivity index (χ4n) is 2.38. The molecule has 0 spiro atoms. The summed E-state index contributed by atoms with van der Waals surface area (Å²) in [5.74, 6) is 0. The van der Waals surface area contributed by atoms with Crippen LogP contribution in [-0.4, -0.2) is 52.4 Å². The molecule has 0 amide bonds. The second kappa shape index (κ2) is 20.8. The lowest BCUT2D eigenvalue weighted by atomic mass is 10.2. The molecule has 0 atom stereocenters. The number of hydrogen-bond donors (Lipinski definition) is 4. The molecular weight excluding hydrogens is 272 g/mol. The van der Waals surface area contributed by atoms with Crippen molar-refractivity contribution in [3.8, 4) is 0 Å². The molecule has 0 bridgehead atoms. The van der Waals surface area contributed by atoms with Gasteiger partial charge in [-0.15, -0.1) is 0 Å². The van der Waals surface area contributed by atoms with E-state index in [2.05, 4.69) is 35.1 Å². The zero-order chi connectivity index (χ0) is 16.1. The molecule has 4 N–H and O–H groups in total. The van der Waals surface area contributed by atoms with Crippen LogP contribution in [0.1, 0.15) is 65.2 Å². The summed E-state index contributed by atoms with van der Waals surface area (Å²) in [6.45, 7) is 13.3. The first kappa shape index (κ1) is 21.8. The average molecular weight is 315 g/mol. The minimum Gasteiger partial charge on any atom is -0.315 e. The van der Waals surface area contributed by atoms with Crippen LogP contribution in [0.25, 0.3) is 0 Å². The lowest BCUT2D eigenvalue weighted by Gasteiger charge is -2.08. The van der Waals surface area contributed by atoms with Crippen LogP contribution < -0.4 is 21.3 Å². The molecule has 0 unspecified atom stereocenters. The quantitative estimate of drug-likeness (QED) is 0.277. The van der Waals surface area contributed by atoms with Crippen LogP contribution in [0.3, 0.4) is 0 Å². The van der Waals surface area contributed by atoms with Gasteiger partial charge in [0.2, 0.25) is 0 Å². The molecule has 134 valence electrons. The summed E-state index contributed by atoms with van der Waals surface area (Å²) in [5, 5.41) is 13.9. The first-order valence-corrected chi connectivity index (χ1v) is 9.74. The Morgan fingerprint density at radius 1 is 0.364 bits per heavy atom. The standard InChI is InChI=1S/C18H42N4/c1-3-5-7-9-11-19-13-15-21-17-18-22-16-14-20-12-10-8-6-4-2/h19-22H,3-18H2,1-2H3. The first-order valence-electron chi connectivity index (χ1n) is 9.74. The molecule has 4 heteroatoms. The lowest BCUT2D eigenvalue weighted by Crippen LogP contribution is -2.35. The van der Waals surface area contributed by atoms with Crippen molar-refractivity contribution in [3.63, 3.8) is 0 Å². The smallest absolute Gasteiger partial charge is 0.00772 e. The molecule has 0 aliphatic heterocycles. The number of nitrogens with one attached hydrogen (secondary N) is 4. The molecule has 0 rings (SSSR count). The van der Waals surface area contributed by atoms with Gasteiger partial charge in [0.1, 0.15) is 0 Å². The summed E-state index contributed by atoms with van der Waals surface area (Å²) in [7, 11) is 0. The Hall–Kier alpha value is -0.160. The van der Waals surface area contributed by atoms with E-state index < -0.39 is 0 Å². The van der Waals surface area contributed by atoms with E-state index in [1.54, 1.807) is 0 Å². The predicted octanol–water partition coefficient (Wildman–Crippen LogP) is 2.51. The highest BCUT2D eigenvalue weighted by atomic mass is 15.0. The average Bonchev–Trinajstić information content (AvgIpc) is 2.54. The van der Waals surface area contributed by atoms with E-state index in [0.29, 0.717) is 0 Å². The summed E-state index contributed by atoms with van der Waals surface area (Å²) >= 11 is 0. The molecule has 0 aliphatic rings. The van der Waals surface area contributed by atoms with E-state index in [-0.39, 0.29) is 0 Å². The van der Waals surface area contributed by atoms with Gasteiger partial charge in [0.25, 0.3) is 0 Å². The highest BCUT2D eigenvalue weighted by molar-refractivity contribution is 4.57. The molecule has 22 heavy (non-hydrogen) atoms. The van der Waals surface area contributed by atoms with E-state index >= 15 is 0 Å². The van der Waals surface area contributed by atoms with Crippen molar-refractivity contribution in [1.82, 2.24) is 21.3 Å². The van der Waals surface area contributed by atoms with Gasteiger partial charge < -0.3 is 21.3 Å². The second-order valence-corrected chi connectivity index (χ2v) is 6.12. The Morgan fingerprint density at radius 2 is 0.682 bits per heavy atom. The van der Waals surface area contributed by atoms with Crippen molar-refractivity contribution >= 4 is 0 Å². The normalized spacial score (nSPS) is 11.2. The zero-order valence-corrected chi connectivity index (χ0v) is 15.3. The highest BCUT2D eigenvalue weighted by Crippen LogP contribution is 1.97. The maximum Gasteiger partial charge on any atom is 0.00772 e. The second-order valence-electron chi connectivity index (χ2n) is 6.12. The van der Waals surface area contributed by atoms with Crippen molar-refractivity contribution in [1.29, 1.82) is 0 Å². The topological polar surface area (TPSA) is 48.1 Å². The van der Waals surface area contributed by atoms with E-state index in [1.807, 2.05) is 0 Å². The molecular formula is C18H42N4. The van der Waals surface area contributed by atoms with Gasteiger partial charge in [0.05, 0.1) is 0 Å². The zero-order valence-electron chi connectivity index (χ0n) is 15.3. The monoisotopic (exact) mass is 314 g/mol. The third kappa shape index (κ3) is 19.8. The van der Waals surface area contributed by atoms with E-state index in [9.17, 15) is 0 Å². The molecule has 0 heterocycles. The Labute approximate surface area is 139 Å². The summed E-state index contributed by atoms with van der Waals surface area (Å²) < 4.78 is 0. The van der Waals surface area contributed by atoms with Gasteiger partial charge in [-0.2, -0.15) is 0 Å². The molecule has 0 aromatic heterocycles. The molecule has 0 aromatic carbocycles. The highest BCUT2D eigenvalue weighted by Gasteiger charge is 1.91. The van der Waals surface area contributed by atoms with Crippen molar-refractivity contribution in [2.45, 2.75) is 65.2 Å². The van der Waals surface area contributed by atoms with Gasteiger partial charge in [0, 0.05) is 39.3 Å². The Balaban J connectivity index is 2.91. The van der Waals surface area contributed by atoms with Crippen LogP contribution >= 0.6 is 0 Å². The van der Waals surface area contributed by atoms with Crippen LogP contribution in [-0.2, 0) is 0 Å². The van der Waals surface area contributed by atoms with Crippen LogP contribution in [0.4, 0.5) is 0 Å². The number of rotatable bonds is 19. The summed E-state index contributed by atoms with van der Waals surface area (Å²) in [5.41, 5.74) is 0. The largest absolute Gasteiger partial charge is 0.315 e. The van der Waals surface area contributed by atoms with Gasteiger partial charge in [0.15, 0.2) is 0 Å². The van der Waals surface area contributed by atoms with Gasteiger partial charge in [-0.05, 0) is 25.9 Å². The minimum atomic E-state index is 1.06. The Bertz CT molecular complexity index is 168. The maximum absolute atomic E-state index is 3.49. The molecule has 0 aromatic rings. The summed E-state index contributed by atoms with van der Waals surface area (Å²) in [6.07, 6.45) is 10.8. The number of unbranched alkanes of at least 4 members (excludes halogenated alkanes) is 6. The number of hydrogen-bond acceptors (Lipinski definition) is 4. The molecule has 0 saturated carbocycles. The fourth-order valence-corrected chi connectivity index (χ4v) is 2.38. The van der Waals surface area contributed by atoms with Crippen LogP contribution in [0.15, 0.2) is 0 Å². The maximum atomic E-state index is 3.49.